The third-order valence-electron chi connectivity index (χ3n) is 5.42. The first-order valence-electron chi connectivity index (χ1n) is 10.7. The van der Waals surface area contributed by atoms with Crippen molar-refractivity contribution in [1.82, 2.24) is 24.9 Å². The molecule has 0 unspecified atom stereocenters. The van der Waals surface area contributed by atoms with E-state index in [9.17, 15) is 0 Å². The molecule has 0 aliphatic heterocycles. The predicted molar refractivity (Wildman–Crippen MR) is 129 cm³/mol. The summed E-state index contributed by atoms with van der Waals surface area (Å²) in [5, 5.41) is 0. The third-order valence-corrected chi connectivity index (χ3v) is 5.42. The summed E-state index contributed by atoms with van der Waals surface area (Å²) in [5.74, 6) is 0. The molecule has 0 saturated carbocycles. The summed E-state index contributed by atoms with van der Waals surface area (Å²) >= 11 is 0. The smallest absolute Gasteiger partial charge is 0.0872 e. The van der Waals surface area contributed by atoms with Gasteiger partial charge in [0.1, 0.15) is 0 Å². The molecular formula is C27H25N5. The maximum atomic E-state index is 4.89. The number of nitrogens with one attached hydrogen (secondary N) is 2. The fraction of sp³-hybridized carbons (Fsp3) is 0.148. The minimum atomic E-state index is 0.888. The van der Waals surface area contributed by atoms with Gasteiger partial charge in [-0.3, -0.25) is 9.97 Å². The SMILES string of the molecule is Cc1cc(C)nc(-c2ccc(-c3cccc(-c4ccc(-c5cc(C)cc(C)n5)[nH]4)n3)[nH]2)c1. The van der Waals surface area contributed by atoms with E-state index in [1.807, 2.05) is 32.0 Å². The van der Waals surface area contributed by atoms with E-state index in [1.165, 1.54) is 11.1 Å². The van der Waals surface area contributed by atoms with Gasteiger partial charge in [0.05, 0.1) is 45.6 Å². The van der Waals surface area contributed by atoms with Gasteiger partial charge in [-0.2, -0.15) is 0 Å². The monoisotopic (exact) mass is 419 g/mol. The fourth-order valence-corrected chi connectivity index (χ4v) is 4.08. The Kier molecular flexibility index (Phi) is 4.94. The minimum Gasteiger partial charge on any atom is -0.352 e. The Bertz CT molecular complexity index is 1280. The molecule has 0 radical (unpaired) electrons. The summed E-state index contributed by atoms with van der Waals surface area (Å²) in [6, 6.07) is 22.6. The number of aromatic nitrogens is 5. The van der Waals surface area contributed by atoms with Gasteiger partial charge in [0.25, 0.3) is 0 Å². The van der Waals surface area contributed by atoms with Gasteiger partial charge in [0.2, 0.25) is 0 Å². The van der Waals surface area contributed by atoms with Crippen molar-refractivity contribution in [1.29, 1.82) is 0 Å². The zero-order chi connectivity index (χ0) is 22.2. The highest BCUT2D eigenvalue weighted by molar-refractivity contribution is 5.69. The van der Waals surface area contributed by atoms with E-state index in [4.69, 9.17) is 4.98 Å². The molecule has 5 nitrogen and oxygen atoms in total. The molecular weight excluding hydrogens is 394 g/mol. The minimum absolute atomic E-state index is 0.888. The molecule has 0 aliphatic rings. The quantitative estimate of drug-likeness (QED) is 0.353. The molecule has 5 rings (SSSR count). The van der Waals surface area contributed by atoms with E-state index in [1.54, 1.807) is 0 Å². The Morgan fingerprint density at radius 2 is 0.875 bits per heavy atom. The summed E-state index contributed by atoms with van der Waals surface area (Å²) in [6.07, 6.45) is 0. The normalized spacial score (nSPS) is 11.1. The van der Waals surface area contributed by atoms with Crippen molar-refractivity contribution in [2.75, 3.05) is 0 Å². The number of pyridine rings is 3. The van der Waals surface area contributed by atoms with Crippen LogP contribution < -0.4 is 0 Å². The van der Waals surface area contributed by atoms with Gasteiger partial charge in [-0.1, -0.05) is 6.07 Å². The largest absolute Gasteiger partial charge is 0.352 e. The Morgan fingerprint density at radius 1 is 0.469 bits per heavy atom. The van der Waals surface area contributed by atoms with Crippen molar-refractivity contribution in [2.45, 2.75) is 27.7 Å². The average molecular weight is 420 g/mol. The highest BCUT2D eigenvalue weighted by Crippen LogP contribution is 2.27. The Hall–Kier alpha value is -3.99. The van der Waals surface area contributed by atoms with Gasteiger partial charge in [-0.25, -0.2) is 4.98 Å². The molecule has 0 fully saturated rings. The van der Waals surface area contributed by atoms with Gasteiger partial charge in [-0.15, -0.1) is 0 Å². The number of aryl methyl sites for hydroxylation is 4. The predicted octanol–water partition coefficient (Wildman–Crippen LogP) is 6.43. The van der Waals surface area contributed by atoms with Crippen LogP contribution in [0.4, 0.5) is 0 Å². The molecule has 0 aromatic carbocycles. The molecule has 5 aromatic heterocycles. The highest BCUT2D eigenvalue weighted by atomic mass is 14.9. The second-order valence-electron chi connectivity index (χ2n) is 8.32. The second-order valence-corrected chi connectivity index (χ2v) is 8.32. The molecule has 2 N–H and O–H groups in total. The van der Waals surface area contributed by atoms with Gasteiger partial charge in [0.15, 0.2) is 0 Å². The fourth-order valence-electron chi connectivity index (χ4n) is 4.08. The van der Waals surface area contributed by atoms with Crippen molar-refractivity contribution in [3.05, 3.63) is 89.2 Å². The van der Waals surface area contributed by atoms with Crippen molar-refractivity contribution in [2.24, 2.45) is 0 Å². The summed E-state index contributed by atoms with van der Waals surface area (Å²) in [6.45, 7) is 8.21. The second kappa shape index (κ2) is 7.93. The molecule has 0 aliphatic carbocycles. The van der Waals surface area contributed by atoms with E-state index in [-0.39, 0.29) is 0 Å². The lowest BCUT2D eigenvalue weighted by Crippen LogP contribution is -1.91. The summed E-state index contributed by atoms with van der Waals surface area (Å²) in [5.41, 5.74) is 12.0. The number of nitrogens with zero attached hydrogens (tertiary/aromatic N) is 3. The van der Waals surface area contributed by atoms with Crippen LogP contribution in [0.15, 0.2) is 66.7 Å². The van der Waals surface area contributed by atoms with Gasteiger partial charge < -0.3 is 9.97 Å². The van der Waals surface area contributed by atoms with Gasteiger partial charge in [-0.05, 0) is 99.5 Å². The van der Waals surface area contributed by atoms with Crippen LogP contribution in [0.5, 0.6) is 0 Å². The topological polar surface area (TPSA) is 70.2 Å². The summed E-state index contributed by atoms with van der Waals surface area (Å²) in [4.78, 5) is 21.2. The maximum Gasteiger partial charge on any atom is 0.0872 e. The van der Waals surface area contributed by atoms with Gasteiger partial charge >= 0.3 is 0 Å². The Balaban J connectivity index is 1.46. The molecule has 0 atom stereocenters. The van der Waals surface area contributed by atoms with Crippen LogP contribution in [-0.2, 0) is 0 Å². The molecule has 5 heterocycles. The molecule has 32 heavy (non-hydrogen) atoms. The lowest BCUT2D eigenvalue weighted by Gasteiger charge is -2.04. The highest BCUT2D eigenvalue weighted by Gasteiger charge is 2.11. The summed E-state index contributed by atoms with van der Waals surface area (Å²) in [7, 11) is 0. The molecule has 0 amide bonds. The first-order chi connectivity index (χ1) is 15.4. The van der Waals surface area contributed by atoms with E-state index in [0.717, 1.165) is 56.9 Å². The van der Waals surface area contributed by atoms with Crippen LogP contribution in [0, 0.1) is 27.7 Å². The van der Waals surface area contributed by atoms with Crippen molar-refractivity contribution in [3.8, 4) is 45.6 Å². The van der Waals surface area contributed by atoms with E-state index in [2.05, 4.69) is 82.3 Å². The maximum absolute atomic E-state index is 4.89. The first kappa shape index (κ1) is 19.9. The standard InChI is InChI=1S/C27H25N5/c1-16-12-18(3)28-26(14-16)24-10-8-22(31-24)20-6-5-7-21(30-20)23-9-11-25(32-23)27-15-17(2)13-19(4)29-27/h5-15,31-32H,1-4H3. The number of rotatable bonds is 4. The number of H-pyrrole nitrogens is 2. The first-order valence-corrected chi connectivity index (χ1v) is 10.7. The number of hydrogen-bond donors (Lipinski definition) is 2. The lowest BCUT2D eigenvalue weighted by molar-refractivity contribution is 1.16. The average Bonchev–Trinajstić information content (AvgIpc) is 3.43. The molecule has 0 saturated heterocycles. The van der Waals surface area contributed by atoms with Crippen LogP contribution in [0.1, 0.15) is 22.5 Å². The van der Waals surface area contributed by atoms with Crippen LogP contribution >= 0.6 is 0 Å². The van der Waals surface area contributed by atoms with Gasteiger partial charge in [0, 0.05) is 11.4 Å². The van der Waals surface area contributed by atoms with Crippen molar-refractivity contribution >= 4 is 0 Å². The molecule has 0 bridgehead atoms. The van der Waals surface area contributed by atoms with E-state index in [0.29, 0.717) is 0 Å². The van der Waals surface area contributed by atoms with Crippen LogP contribution in [0.3, 0.4) is 0 Å². The third kappa shape index (κ3) is 3.97. The number of aromatic amines is 2. The zero-order valence-electron chi connectivity index (χ0n) is 18.7. The Labute approximate surface area is 187 Å². The zero-order valence-corrected chi connectivity index (χ0v) is 18.7. The molecule has 5 heteroatoms. The molecule has 5 aromatic rings. The summed E-state index contributed by atoms with van der Waals surface area (Å²) < 4.78 is 0. The van der Waals surface area contributed by atoms with Crippen molar-refractivity contribution in [3.63, 3.8) is 0 Å². The van der Waals surface area contributed by atoms with Crippen molar-refractivity contribution < 1.29 is 0 Å². The van der Waals surface area contributed by atoms with E-state index >= 15 is 0 Å². The number of hydrogen-bond acceptors (Lipinski definition) is 3. The van der Waals surface area contributed by atoms with Crippen LogP contribution in [0.25, 0.3) is 45.6 Å². The Morgan fingerprint density at radius 3 is 1.28 bits per heavy atom. The van der Waals surface area contributed by atoms with Crippen LogP contribution in [-0.4, -0.2) is 24.9 Å². The molecule has 158 valence electrons. The lowest BCUT2D eigenvalue weighted by atomic mass is 10.2. The van der Waals surface area contributed by atoms with Crippen LogP contribution in [0.2, 0.25) is 0 Å². The van der Waals surface area contributed by atoms with E-state index < -0.39 is 0 Å². The molecule has 0 spiro atoms.